The van der Waals surface area contributed by atoms with E-state index in [2.05, 4.69) is 10.3 Å². The standard InChI is InChI=1S/C16H19N3O2/c1-19-11-12(10-17-19)8-9-21-16-7-3-4-13-14(16)5-2-6-15(13)18-20/h3-4,7,10-11,20H,2,5-6,8-9H2,1H3/b18-15+. The number of hydrogen-bond acceptors (Lipinski definition) is 4. The first kappa shape index (κ1) is 13.7. The maximum absolute atomic E-state index is 9.09. The fourth-order valence-corrected chi connectivity index (χ4v) is 2.78. The minimum Gasteiger partial charge on any atom is -0.493 e. The van der Waals surface area contributed by atoms with Crippen molar-refractivity contribution in [2.75, 3.05) is 6.61 Å². The van der Waals surface area contributed by atoms with E-state index in [1.165, 1.54) is 5.56 Å². The van der Waals surface area contributed by atoms with Crippen LogP contribution in [0.15, 0.2) is 35.7 Å². The van der Waals surface area contributed by atoms with E-state index in [4.69, 9.17) is 9.94 Å². The van der Waals surface area contributed by atoms with Gasteiger partial charge in [0.25, 0.3) is 0 Å². The van der Waals surface area contributed by atoms with Crippen LogP contribution in [0.4, 0.5) is 0 Å². The van der Waals surface area contributed by atoms with Gasteiger partial charge in [-0.25, -0.2) is 0 Å². The van der Waals surface area contributed by atoms with Gasteiger partial charge in [-0.15, -0.1) is 0 Å². The van der Waals surface area contributed by atoms with Crippen LogP contribution in [0, 0.1) is 0 Å². The molecule has 1 heterocycles. The highest BCUT2D eigenvalue weighted by molar-refractivity contribution is 6.02. The van der Waals surface area contributed by atoms with Crippen LogP contribution >= 0.6 is 0 Å². The SMILES string of the molecule is Cn1cc(CCOc2cccc3c2CCC/C3=N\O)cn1. The minimum absolute atomic E-state index is 0.619. The van der Waals surface area contributed by atoms with Crippen molar-refractivity contribution in [1.29, 1.82) is 0 Å². The number of nitrogens with zero attached hydrogens (tertiary/aromatic N) is 3. The zero-order chi connectivity index (χ0) is 14.7. The topological polar surface area (TPSA) is 59.6 Å². The maximum atomic E-state index is 9.09. The van der Waals surface area contributed by atoms with Gasteiger partial charge in [-0.2, -0.15) is 5.10 Å². The summed E-state index contributed by atoms with van der Waals surface area (Å²) < 4.78 is 7.73. The molecule has 0 saturated carbocycles. The number of ether oxygens (including phenoxy) is 1. The quantitative estimate of drug-likeness (QED) is 0.693. The summed E-state index contributed by atoms with van der Waals surface area (Å²) in [4.78, 5) is 0. The van der Waals surface area contributed by atoms with Gasteiger partial charge in [0.2, 0.25) is 0 Å². The molecule has 0 radical (unpaired) electrons. The highest BCUT2D eigenvalue weighted by Crippen LogP contribution is 2.30. The normalized spacial score (nSPS) is 16.0. The summed E-state index contributed by atoms with van der Waals surface area (Å²) in [6, 6.07) is 5.94. The Bertz CT molecular complexity index is 661. The zero-order valence-electron chi connectivity index (χ0n) is 12.1. The first-order valence-corrected chi connectivity index (χ1v) is 7.21. The van der Waals surface area contributed by atoms with E-state index < -0.39 is 0 Å². The summed E-state index contributed by atoms with van der Waals surface area (Å²) in [5.74, 6) is 0.900. The van der Waals surface area contributed by atoms with Gasteiger partial charge in [-0.3, -0.25) is 4.68 Å². The molecule has 5 nitrogen and oxygen atoms in total. The third kappa shape index (κ3) is 2.91. The first-order chi connectivity index (χ1) is 10.3. The number of fused-ring (bicyclic) bond motifs is 1. The van der Waals surface area contributed by atoms with E-state index in [0.29, 0.717) is 6.61 Å². The molecule has 3 rings (SSSR count). The summed E-state index contributed by atoms with van der Waals surface area (Å²) in [6.45, 7) is 0.619. The van der Waals surface area contributed by atoms with Gasteiger partial charge in [-0.1, -0.05) is 17.3 Å². The van der Waals surface area contributed by atoms with Crippen molar-refractivity contribution >= 4 is 5.71 Å². The second-order valence-electron chi connectivity index (χ2n) is 5.30. The molecule has 0 aliphatic heterocycles. The first-order valence-electron chi connectivity index (χ1n) is 7.21. The summed E-state index contributed by atoms with van der Waals surface area (Å²) in [5.41, 5.74) is 4.10. The number of rotatable bonds is 4. The molecule has 0 spiro atoms. The molecule has 0 bridgehead atoms. The highest BCUT2D eigenvalue weighted by atomic mass is 16.5. The molecule has 1 aliphatic carbocycles. The van der Waals surface area contributed by atoms with E-state index in [1.807, 2.05) is 37.6 Å². The van der Waals surface area contributed by atoms with Gasteiger partial charge in [0, 0.05) is 30.8 Å². The molecule has 0 fully saturated rings. The fourth-order valence-electron chi connectivity index (χ4n) is 2.78. The second kappa shape index (κ2) is 5.99. The number of oxime groups is 1. The van der Waals surface area contributed by atoms with Crippen LogP contribution in [0.2, 0.25) is 0 Å². The molecule has 0 atom stereocenters. The van der Waals surface area contributed by atoms with Crippen molar-refractivity contribution < 1.29 is 9.94 Å². The lowest BCUT2D eigenvalue weighted by atomic mass is 9.89. The molecule has 1 aliphatic rings. The van der Waals surface area contributed by atoms with Gasteiger partial charge in [-0.05, 0) is 30.9 Å². The number of aromatic nitrogens is 2. The van der Waals surface area contributed by atoms with Gasteiger partial charge in [0.1, 0.15) is 5.75 Å². The molecule has 0 unspecified atom stereocenters. The molecular formula is C16H19N3O2. The van der Waals surface area contributed by atoms with E-state index in [9.17, 15) is 0 Å². The Morgan fingerprint density at radius 2 is 2.29 bits per heavy atom. The largest absolute Gasteiger partial charge is 0.493 e. The van der Waals surface area contributed by atoms with Gasteiger partial charge in [0.15, 0.2) is 0 Å². The van der Waals surface area contributed by atoms with Crippen LogP contribution in [-0.4, -0.2) is 27.3 Å². The summed E-state index contributed by atoms with van der Waals surface area (Å²) in [5, 5.41) is 16.7. The van der Waals surface area contributed by atoms with Crippen molar-refractivity contribution in [3.05, 3.63) is 47.3 Å². The molecule has 1 aromatic carbocycles. The smallest absolute Gasteiger partial charge is 0.123 e. The average molecular weight is 285 g/mol. The Hall–Kier alpha value is -2.30. The fraction of sp³-hybridized carbons (Fsp3) is 0.375. The lowest BCUT2D eigenvalue weighted by molar-refractivity contribution is 0.314. The van der Waals surface area contributed by atoms with E-state index in [-0.39, 0.29) is 0 Å². The van der Waals surface area contributed by atoms with Crippen LogP contribution in [0.5, 0.6) is 5.75 Å². The van der Waals surface area contributed by atoms with Crippen molar-refractivity contribution in [3.63, 3.8) is 0 Å². The molecule has 1 aromatic heterocycles. The molecule has 2 aromatic rings. The third-order valence-electron chi connectivity index (χ3n) is 3.81. The number of benzene rings is 1. The van der Waals surface area contributed by atoms with E-state index >= 15 is 0 Å². The van der Waals surface area contributed by atoms with E-state index in [0.717, 1.165) is 48.3 Å². The average Bonchev–Trinajstić information content (AvgIpc) is 2.92. The number of aryl methyl sites for hydroxylation is 1. The van der Waals surface area contributed by atoms with Crippen molar-refractivity contribution in [1.82, 2.24) is 9.78 Å². The van der Waals surface area contributed by atoms with Crippen LogP contribution in [0.25, 0.3) is 0 Å². The van der Waals surface area contributed by atoms with Crippen LogP contribution in [0.3, 0.4) is 0 Å². The molecule has 0 saturated heterocycles. The Balaban J connectivity index is 1.71. The van der Waals surface area contributed by atoms with Crippen LogP contribution < -0.4 is 4.74 Å². The van der Waals surface area contributed by atoms with Crippen molar-refractivity contribution in [3.8, 4) is 5.75 Å². The molecule has 0 amide bonds. The predicted octanol–water partition coefficient (Wildman–Crippen LogP) is 2.56. The maximum Gasteiger partial charge on any atom is 0.123 e. The van der Waals surface area contributed by atoms with Crippen LogP contribution in [0.1, 0.15) is 29.5 Å². The zero-order valence-corrected chi connectivity index (χ0v) is 12.1. The monoisotopic (exact) mass is 285 g/mol. The molecule has 110 valence electrons. The van der Waals surface area contributed by atoms with Gasteiger partial charge in [0.05, 0.1) is 18.5 Å². The summed E-state index contributed by atoms with van der Waals surface area (Å²) >= 11 is 0. The van der Waals surface area contributed by atoms with Gasteiger partial charge >= 0.3 is 0 Å². The van der Waals surface area contributed by atoms with Crippen LogP contribution in [-0.2, 0) is 19.9 Å². The van der Waals surface area contributed by atoms with E-state index in [1.54, 1.807) is 4.68 Å². The molecular weight excluding hydrogens is 266 g/mol. The predicted molar refractivity (Wildman–Crippen MR) is 80.1 cm³/mol. The Morgan fingerprint density at radius 3 is 3.05 bits per heavy atom. The minimum atomic E-state index is 0.619. The molecule has 5 heteroatoms. The van der Waals surface area contributed by atoms with Gasteiger partial charge < -0.3 is 9.94 Å². The lowest BCUT2D eigenvalue weighted by Crippen LogP contribution is -2.14. The second-order valence-corrected chi connectivity index (χ2v) is 5.30. The Kier molecular flexibility index (Phi) is 3.90. The number of hydrogen-bond donors (Lipinski definition) is 1. The van der Waals surface area contributed by atoms with Crippen molar-refractivity contribution in [2.45, 2.75) is 25.7 Å². The Labute approximate surface area is 123 Å². The van der Waals surface area contributed by atoms with Crippen molar-refractivity contribution in [2.24, 2.45) is 12.2 Å². The summed E-state index contributed by atoms with van der Waals surface area (Å²) in [7, 11) is 1.91. The Morgan fingerprint density at radius 1 is 1.38 bits per heavy atom. The molecule has 1 N–H and O–H groups in total. The molecule has 21 heavy (non-hydrogen) atoms. The third-order valence-corrected chi connectivity index (χ3v) is 3.81. The lowest BCUT2D eigenvalue weighted by Gasteiger charge is -2.20. The summed E-state index contributed by atoms with van der Waals surface area (Å²) in [6.07, 6.45) is 7.48. The highest BCUT2D eigenvalue weighted by Gasteiger charge is 2.19.